The highest BCUT2D eigenvalue weighted by Gasteiger charge is 2.25. The fourth-order valence-electron chi connectivity index (χ4n) is 3.77. The van der Waals surface area contributed by atoms with E-state index in [2.05, 4.69) is 18.3 Å². The van der Waals surface area contributed by atoms with Crippen LogP contribution in [0.1, 0.15) is 22.3 Å². The average molecular weight is 488 g/mol. The second-order valence-electron chi connectivity index (χ2n) is 8.24. The summed E-state index contributed by atoms with van der Waals surface area (Å²) >= 11 is 7.41. The predicted molar refractivity (Wildman–Crippen MR) is 137 cm³/mol. The van der Waals surface area contributed by atoms with Gasteiger partial charge in [0.25, 0.3) is 0 Å². The molecule has 7 heteroatoms. The highest BCUT2D eigenvalue weighted by molar-refractivity contribution is 8.00. The van der Waals surface area contributed by atoms with Crippen LogP contribution in [0.15, 0.2) is 71.8 Å². The summed E-state index contributed by atoms with van der Waals surface area (Å²) in [4.78, 5) is 22.2. The van der Waals surface area contributed by atoms with Crippen molar-refractivity contribution in [2.24, 2.45) is 0 Å². The molecule has 0 aliphatic carbocycles. The molecule has 0 saturated carbocycles. The summed E-state index contributed by atoms with van der Waals surface area (Å²) in [6.07, 6.45) is 0.652. The van der Waals surface area contributed by atoms with Gasteiger partial charge in [0.05, 0.1) is 11.3 Å². The molecule has 1 aliphatic rings. The molecule has 1 amide bonds. The maximum atomic E-state index is 12.7. The van der Waals surface area contributed by atoms with Gasteiger partial charge in [0, 0.05) is 22.7 Å². The first-order chi connectivity index (χ1) is 16.4. The van der Waals surface area contributed by atoms with Crippen molar-refractivity contribution in [2.75, 3.05) is 11.1 Å². The van der Waals surface area contributed by atoms with Crippen LogP contribution in [-0.2, 0) is 11.2 Å². The largest absolute Gasteiger partial charge is 0.438 e. The Morgan fingerprint density at radius 3 is 2.62 bits per heavy atom. The van der Waals surface area contributed by atoms with Crippen LogP contribution in [0.5, 0.6) is 11.6 Å². The van der Waals surface area contributed by atoms with E-state index in [0.29, 0.717) is 28.8 Å². The number of carbonyl (C=O) groups is 1. The maximum Gasteiger partial charge on any atom is 0.234 e. The molecule has 2 heterocycles. The number of amides is 1. The van der Waals surface area contributed by atoms with E-state index in [1.807, 2.05) is 49.4 Å². The molecule has 0 unspecified atom stereocenters. The number of fused-ring (bicyclic) bond motifs is 2. The summed E-state index contributed by atoms with van der Waals surface area (Å²) in [6.45, 7) is 4.10. The van der Waals surface area contributed by atoms with Gasteiger partial charge in [-0.3, -0.25) is 4.79 Å². The number of thioether (sulfide) groups is 1. The molecule has 0 atom stereocenters. The van der Waals surface area contributed by atoms with Crippen LogP contribution in [0.4, 0.5) is 5.69 Å². The van der Waals surface area contributed by atoms with E-state index in [9.17, 15) is 4.79 Å². The number of aryl methyl sites for hydroxylation is 2. The van der Waals surface area contributed by atoms with Gasteiger partial charge in [-0.25, -0.2) is 4.98 Å². The second-order valence-corrected chi connectivity index (χ2v) is 9.64. The summed E-state index contributed by atoms with van der Waals surface area (Å²) in [5.74, 6) is 1.99. The van der Waals surface area contributed by atoms with Crippen LogP contribution in [-0.4, -0.2) is 21.6 Å². The molecule has 0 spiro atoms. The van der Waals surface area contributed by atoms with Crippen LogP contribution < -0.4 is 10.1 Å². The van der Waals surface area contributed by atoms with Gasteiger partial charge in [-0.2, -0.15) is 4.98 Å². The summed E-state index contributed by atoms with van der Waals surface area (Å²) in [7, 11) is 0. The van der Waals surface area contributed by atoms with Crippen molar-refractivity contribution in [3.63, 3.8) is 0 Å². The van der Waals surface area contributed by atoms with Gasteiger partial charge in [-0.15, -0.1) is 0 Å². The van der Waals surface area contributed by atoms with E-state index in [0.717, 1.165) is 38.6 Å². The number of benzene rings is 3. The molecular weight excluding hydrogens is 466 g/mol. The van der Waals surface area contributed by atoms with Gasteiger partial charge in [0.1, 0.15) is 10.8 Å². The van der Waals surface area contributed by atoms with E-state index >= 15 is 0 Å². The van der Waals surface area contributed by atoms with Crippen LogP contribution in [0.25, 0.3) is 11.4 Å². The third-order valence-electron chi connectivity index (χ3n) is 5.48. The van der Waals surface area contributed by atoms with Gasteiger partial charge in [0.15, 0.2) is 5.82 Å². The lowest BCUT2D eigenvalue weighted by molar-refractivity contribution is -0.113. The Hall–Kier alpha value is -3.35. The molecule has 4 aromatic rings. The number of aromatic nitrogens is 2. The van der Waals surface area contributed by atoms with Gasteiger partial charge in [0.2, 0.25) is 11.8 Å². The predicted octanol–water partition coefficient (Wildman–Crippen LogP) is 6.84. The first kappa shape index (κ1) is 22.4. The van der Waals surface area contributed by atoms with Crippen molar-refractivity contribution in [2.45, 2.75) is 25.3 Å². The molecule has 0 saturated heterocycles. The van der Waals surface area contributed by atoms with Crippen molar-refractivity contribution >= 4 is 35.0 Å². The molecule has 5 nitrogen and oxygen atoms in total. The zero-order chi connectivity index (χ0) is 23.7. The molecule has 1 aromatic heterocycles. The highest BCUT2D eigenvalue weighted by atomic mass is 35.5. The molecule has 3 aromatic carbocycles. The van der Waals surface area contributed by atoms with Crippen LogP contribution in [0.2, 0.25) is 5.02 Å². The van der Waals surface area contributed by atoms with Crippen molar-refractivity contribution in [1.82, 2.24) is 9.97 Å². The summed E-state index contributed by atoms with van der Waals surface area (Å²) in [5.41, 5.74) is 5.87. The number of hydrogen-bond donors (Lipinski definition) is 1. The first-order valence-corrected chi connectivity index (χ1v) is 12.2. The third kappa shape index (κ3) is 4.93. The molecule has 5 rings (SSSR count). The lowest BCUT2D eigenvalue weighted by Crippen LogP contribution is -2.15. The molecule has 34 heavy (non-hydrogen) atoms. The molecular formula is C27H22ClN3O2S. The maximum absolute atomic E-state index is 12.7. The monoisotopic (exact) mass is 487 g/mol. The Balaban J connectivity index is 1.45. The smallest absolute Gasteiger partial charge is 0.234 e. The van der Waals surface area contributed by atoms with Gasteiger partial charge < -0.3 is 10.1 Å². The van der Waals surface area contributed by atoms with Crippen LogP contribution in [0, 0.1) is 13.8 Å². The van der Waals surface area contributed by atoms with E-state index in [-0.39, 0.29) is 11.7 Å². The SMILES string of the molecule is Cc1ccc(-c2nc3c(c(SCC(=O)Nc4cccc(Cl)c4)n2)Cc2cc(C)ccc2O3)cc1. The minimum Gasteiger partial charge on any atom is -0.438 e. The van der Waals surface area contributed by atoms with E-state index in [4.69, 9.17) is 26.3 Å². The summed E-state index contributed by atoms with van der Waals surface area (Å²) in [5, 5.41) is 4.21. The number of carbonyl (C=O) groups excluding carboxylic acids is 1. The Bertz CT molecular complexity index is 1390. The minimum atomic E-state index is -0.135. The Morgan fingerprint density at radius 1 is 1.03 bits per heavy atom. The molecule has 0 bridgehead atoms. The first-order valence-electron chi connectivity index (χ1n) is 10.9. The van der Waals surface area contributed by atoms with Gasteiger partial charge in [-0.05, 0) is 43.7 Å². The van der Waals surface area contributed by atoms with Crippen molar-refractivity contribution < 1.29 is 9.53 Å². The Kier molecular flexibility index (Phi) is 6.26. The zero-order valence-electron chi connectivity index (χ0n) is 18.8. The molecule has 0 radical (unpaired) electrons. The number of ether oxygens (including phenoxy) is 1. The van der Waals surface area contributed by atoms with E-state index in [1.165, 1.54) is 11.8 Å². The standard InChI is InChI=1S/C27H22ClN3O2S/c1-16-6-9-18(10-7-16)25-30-26-22(13-19-12-17(2)8-11-23(19)33-26)27(31-25)34-15-24(32)29-21-5-3-4-20(28)14-21/h3-12,14H,13,15H2,1-2H3,(H,29,32). The molecule has 0 fully saturated rings. The number of anilines is 1. The average Bonchev–Trinajstić information content (AvgIpc) is 2.81. The zero-order valence-corrected chi connectivity index (χ0v) is 20.3. The van der Waals surface area contributed by atoms with Crippen molar-refractivity contribution in [3.05, 3.63) is 94.0 Å². The fourth-order valence-corrected chi connectivity index (χ4v) is 4.78. The molecule has 1 aliphatic heterocycles. The lowest BCUT2D eigenvalue weighted by atomic mass is 10.0. The summed E-state index contributed by atoms with van der Waals surface area (Å²) < 4.78 is 6.19. The minimum absolute atomic E-state index is 0.135. The van der Waals surface area contributed by atoms with Gasteiger partial charge >= 0.3 is 0 Å². The van der Waals surface area contributed by atoms with Crippen molar-refractivity contribution in [3.8, 4) is 23.0 Å². The number of halogens is 1. The lowest BCUT2D eigenvalue weighted by Gasteiger charge is -2.22. The van der Waals surface area contributed by atoms with E-state index < -0.39 is 0 Å². The number of nitrogens with one attached hydrogen (secondary N) is 1. The quantitative estimate of drug-likeness (QED) is 0.217. The van der Waals surface area contributed by atoms with Gasteiger partial charge in [-0.1, -0.05) is 77.0 Å². The number of nitrogens with zero attached hydrogens (tertiary/aromatic N) is 2. The van der Waals surface area contributed by atoms with Crippen LogP contribution >= 0.6 is 23.4 Å². The highest BCUT2D eigenvalue weighted by Crippen LogP contribution is 2.40. The molecule has 1 N–H and O–H groups in total. The number of hydrogen-bond acceptors (Lipinski definition) is 5. The Labute approximate surface area is 207 Å². The molecule has 170 valence electrons. The fraction of sp³-hybridized carbons (Fsp3) is 0.148. The normalized spacial score (nSPS) is 11.9. The summed E-state index contributed by atoms with van der Waals surface area (Å²) in [6, 6.07) is 21.3. The van der Waals surface area contributed by atoms with Crippen LogP contribution in [0.3, 0.4) is 0 Å². The Morgan fingerprint density at radius 2 is 1.82 bits per heavy atom. The van der Waals surface area contributed by atoms with Crippen molar-refractivity contribution in [1.29, 1.82) is 0 Å². The second kappa shape index (κ2) is 9.49. The third-order valence-corrected chi connectivity index (χ3v) is 6.73. The number of rotatable bonds is 5. The topological polar surface area (TPSA) is 64.1 Å². The van der Waals surface area contributed by atoms with E-state index in [1.54, 1.807) is 18.2 Å².